The number of nitrogens with zero attached hydrogens (tertiary/aromatic N) is 1. The third-order valence-electron chi connectivity index (χ3n) is 6.91. The summed E-state index contributed by atoms with van der Waals surface area (Å²) in [5.41, 5.74) is 0.119. The number of hydrogen-bond acceptors (Lipinski definition) is 6. The lowest BCUT2D eigenvalue weighted by Gasteiger charge is -2.18. The molecule has 232 valence electrons. The maximum Gasteiger partial charge on any atom is 0.472 e. The summed E-state index contributed by atoms with van der Waals surface area (Å²) < 4.78 is 34.7. The van der Waals surface area contributed by atoms with Gasteiger partial charge in [0.25, 0.3) is 0 Å². The summed E-state index contributed by atoms with van der Waals surface area (Å²) in [5, 5.41) is 9.04. The number of pyridine rings is 1. The fraction of sp³-hybridized carbons (Fsp3) is 0.800. The highest BCUT2D eigenvalue weighted by Gasteiger charge is 2.24. The number of aromatic nitrogens is 1. The van der Waals surface area contributed by atoms with Gasteiger partial charge in [-0.1, -0.05) is 103 Å². The van der Waals surface area contributed by atoms with Crippen LogP contribution in [-0.2, 0) is 29.6 Å². The van der Waals surface area contributed by atoms with E-state index in [1.165, 1.54) is 109 Å². The highest BCUT2D eigenvalue weighted by Crippen LogP contribution is 2.43. The van der Waals surface area contributed by atoms with Gasteiger partial charge in [0, 0.05) is 19.8 Å². The second kappa shape index (κ2) is 24.3. The van der Waals surface area contributed by atoms with Crippen molar-refractivity contribution in [2.75, 3.05) is 33.5 Å². The summed E-state index contributed by atoms with van der Waals surface area (Å²) >= 11 is 0. The van der Waals surface area contributed by atoms with Gasteiger partial charge in [-0.2, -0.15) is 0 Å². The number of phosphoric ester groups is 1. The lowest BCUT2D eigenvalue weighted by molar-refractivity contribution is -0.697. The quantitative estimate of drug-likeness (QED) is 0.0605. The van der Waals surface area contributed by atoms with Gasteiger partial charge in [0.05, 0.1) is 13.2 Å². The van der Waals surface area contributed by atoms with Crippen molar-refractivity contribution in [3.05, 3.63) is 30.1 Å². The molecule has 2 atom stereocenters. The molecule has 0 saturated carbocycles. The van der Waals surface area contributed by atoms with Crippen molar-refractivity contribution in [1.29, 1.82) is 0 Å². The molecular weight excluding hydrogens is 533 g/mol. The molecule has 2 N–H and O–H groups in total. The molecule has 1 heterocycles. The summed E-state index contributed by atoms with van der Waals surface area (Å²) in [7, 11) is -2.77. The van der Waals surface area contributed by atoms with Gasteiger partial charge in [-0.3, -0.25) is 9.05 Å². The van der Waals surface area contributed by atoms with Gasteiger partial charge in [-0.15, -0.1) is 0 Å². The van der Waals surface area contributed by atoms with Crippen LogP contribution in [0.4, 0.5) is 0 Å². The fourth-order valence-electron chi connectivity index (χ4n) is 4.41. The molecule has 0 aliphatic heterocycles. The molecule has 0 radical (unpaired) electrons. The average molecular weight is 589 g/mol. The number of hydrogen-bond donors (Lipinski definition) is 2. The van der Waals surface area contributed by atoms with Crippen molar-refractivity contribution in [1.82, 2.24) is 0 Å². The number of phosphoric acid groups is 1. The lowest BCUT2D eigenvalue weighted by Crippen LogP contribution is -2.36. The van der Waals surface area contributed by atoms with Crippen molar-refractivity contribution < 1.29 is 42.4 Å². The van der Waals surface area contributed by atoms with Crippen LogP contribution in [0.5, 0.6) is 0 Å². The van der Waals surface area contributed by atoms with Gasteiger partial charge in [-0.05, 0) is 12.5 Å². The minimum absolute atomic E-state index is 0.116. The van der Waals surface area contributed by atoms with Crippen LogP contribution < -0.4 is 4.57 Å². The number of carbonyl (C=O) groups is 1. The van der Waals surface area contributed by atoms with Gasteiger partial charge in [0.15, 0.2) is 18.9 Å². The molecule has 1 unspecified atom stereocenters. The first-order valence-corrected chi connectivity index (χ1v) is 16.8. The van der Waals surface area contributed by atoms with E-state index in [2.05, 4.69) is 6.92 Å². The molecular formula is C30H55NO8P+. The van der Waals surface area contributed by atoms with E-state index in [0.717, 1.165) is 12.8 Å². The average Bonchev–Trinajstić information content (AvgIpc) is 2.94. The molecule has 1 aromatic rings. The summed E-state index contributed by atoms with van der Waals surface area (Å²) in [5.74, 6) is -1.05. The van der Waals surface area contributed by atoms with Crippen LogP contribution >= 0.6 is 7.82 Å². The van der Waals surface area contributed by atoms with Crippen LogP contribution in [0.15, 0.2) is 24.5 Å². The predicted molar refractivity (Wildman–Crippen MR) is 156 cm³/mol. The Morgan fingerprint density at radius 2 is 1.40 bits per heavy atom. The molecule has 40 heavy (non-hydrogen) atoms. The Balaban J connectivity index is 1.97. The van der Waals surface area contributed by atoms with E-state index in [9.17, 15) is 14.3 Å². The molecule has 0 bridgehead atoms. The normalized spacial score (nSPS) is 13.8. The second-order valence-corrected chi connectivity index (χ2v) is 11.9. The molecule has 0 aromatic carbocycles. The van der Waals surface area contributed by atoms with Crippen molar-refractivity contribution in [2.45, 2.75) is 122 Å². The number of aromatic carboxylic acids is 1. The predicted octanol–water partition coefficient (Wildman–Crippen LogP) is 7.10. The largest absolute Gasteiger partial charge is 0.477 e. The highest BCUT2D eigenvalue weighted by molar-refractivity contribution is 7.47. The highest BCUT2D eigenvalue weighted by atomic mass is 31.2. The van der Waals surface area contributed by atoms with Gasteiger partial charge in [0.2, 0.25) is 0 Å². The molecule has 0 aliphatic rings. The molecule has 1 aromatic heterocycles. The number of carboxylic acids is 1. The van der Waals surface area contributed by atoms with E-state index in [1.54, 1.807) is 16.8 Å². The fourth-order valence-corrected chi connectivity index (χ4v) is 5.16. The van der Waals surface area contributed by atoms with Crippen molar-refractivity contribution >= 4 is 13.8 Å². The Morgan fingerprint density at radius 1 is 0.850 bits per heavy atom. The first-order valence-electron chi connectivity index (χ1n) is 15.3. The van der Waals surface area contributed by atoms with Crippen LogP contribution in [0.2, 0.25) is 0 Å². The van der Waals surface area contributed by atoms with Crippen LogP contribution in [0.3, 0.4) is 0 Å². The topological polar surface area (TPSA) is 115 Å². The first-order chi connectivity index (χ1) is 19.4. The Kier molecular flexibility index (Phi) is 22.3. The number of unbranched alkanes of at least 4 members (excludes halogenated alkanes) is 15. The molecule has 0 amide bonds. The van der Waals surface area contributed by atoms with Crippen LogP contribution in [-0.4, -0.2) is 55.6 Å². The molecule has 0 fully saturated rings. The number of ether oxygens (including phenoxy) is 2. The zero-order chi connectivity index (χ0) is 29.3. The van der Waals surface area contributed by atoms with Gasteiger partial charge in [0.1, 0.15) is 18.3 Å². The summed E-state index contributed by atoms with van der Waals surface area (Å²) in [6, 6.07) is 3.05. The van der Waals surface area contributed by atoms with E-state index in [1.807, 2.05) is 0 Å². The minimum Gasteiger partial charge on any atom is -0.477 e. The number of carboxylic acid groups (broad SMARTS) is 1. The standard InChI is InChI=1S/C30H54NO8P/c1-3-4-5-6-7-8-9-10-11-12-13-14-15-16-17-18-23-37-26-29(36-2)27-39-40(34,35)38-24-22-31-21-19-20-28(25-31)30(32)33/h19-21,25,29H,3-18,22-24,26-27H2,1-2H3,(H-,32,33,34,35)/p+1/t29-/m0/s1. The monoisotopic (exact) mass is 588 g/mol. The molecule has 10 heteroatoms. The molecule has 9 nitrogen and oxygen atoms in total. The maximum atomic E-state index is 12.2. The van der Waals surface area contributed by atoms with E-state index < -0.39 is 19.9 Å². The van der Waals surface area contributed by atoms with E-state index in [4.69, 9.17) is 23.6 Å². The first kappa shape index (κ1) is 36.7. The molecule has 0 spiro atoms. The minimum atomic E-state index is -4.27. The molecule has 1 rings (SSSR count). The van der Waals surface area contributed by atoms with Gasteiger partial charge in [-0.25, -0.2) is 13.9 Å². The number of rotatable bonds is 28. The van der Waals surface area contributed by atoms with E-state index >= 15 is 0 Å². The van der Waals surface area contributed by atoms with Crippen LogP contribution in [0, 0.1) is 0 Å². The molecule has 0 aliphatic carbocycles. The Hall–Kier alpha value is -1.35. The van der Waals surface area contributed by atoms with E-state index in [-0.39, 0.29) is 31.9 Å². The smallest absolute Gasteiger partial charge is 0.472 e. The molecule has 0 saturated heterocycles. The van der Waals surface area contributed by atoms with Crippen LogP contribution in [0.1, 0.15) is 120 Å². The van der Waals surface area contributed by atoms with Crippen molar-refractivity contribution in [3.8, 4) is 0 Å². The number of methoxy groups -OCH3 is 1. The van der Waals surface area contributed by atoms with E-state index in [0.29, 0.717) is 6.61 Å². The third-order valence-corrected chi connectivity index (χ3v) is 7.90. The zero-order valence-corrected chi connectivity index (χ0v) is 25.9. The van der Waals surface area contributed by atoms with Crippen molar-refractivity contribution in [2.24, 2.45) is 0 Å². The summed E-state index contributed by atoms with van der Waals surface area (Å²) in [4.78, 5) is 21.0. The summed E-state index contributed by atoms with van der Waals surface area (Å²) in [6.45, 7) is 3.11. The Bertz CT molecular complexity index is 810. The SMILES string of the molecule is CCCCCCCCCCCCCCCCCCOC[C@@H](COP(=O)(O)OCC[n+]1cccc(C(=O)O)c1)OC. The van der Waals surface area contributed by atoms with Gasteiger partial charge >= 0.3 is 13.8 Å². The third kappa shape index (κ3) is 20.5. The maximum absolute atomic E-state index is 12.2. The van der Waals surface area contributed by atoms with Gasteiger partial charge < -0.3 is 19.5 Å². The second-order valence-electron chi connectivity index (χ2n) is 10.5. The van der Waals surface area contributed by atoms with Crippen molar-refractivity contribution in [3.63, 3.8) is 0 Å². The van der Waals surface area contributed by atoms with Crippen LogP contribution in [0.25, 0.3) is 0 Å². The summed E-state index contributed by atoms with van der Waals surface area (Å²) in [6.07, 6.45) is 23.8. The Morgan fingerprint density at radius 3 is 1.93 bits per heavy atom. The zero-order valence-electron chi connectivity index (χ0n) is 25.0. The Labute approximate surface area is 242 Å². The lowest BCUT2D eigenvalue weighted by atomic mass is 10.0.